The summed E-state index contributed by atoms with van der Waals surface area (Å²) >= 11 is 1.67. The number of aryl methyl sites for hydroxylation is 1. The third-order valence-corrected chi connectivity index (χ3v) is 5.57. The van der Waals surface area contributed by atoms with Crippen molar-refractivity contribution in [1.29, 1.82) is 0 Å². The van der Waals surface area contributed by atoms with Gasteiger partial charge in [-0.3, -0.25) is 4.79 Å². The Labute approximate surface area is 155 Å². The normalized spacial score (nSPS) is 20.6. The molecule has 1 fully saturated rings. The summed E-state index contributed by atoms with van der Waals surface area (Å²) in [6.45, 7) is 3.43. The SMILES string of the molecule is Cc1ccc(CNC[C@@]2(O)CCCN(Cc3ccc(F)c(F)c3)C2=O)s1. The van der Waals surface area contributed by atoms with Crippen LogP contribution >= 0.6 is 11.3 Å². The van der Waals surface area contributed by atoms with E-state index in [0.717, 1.165) is 17.0 Å². The third-order valence-electron chi connectivity index (χ3n) is 4.57. The smallest absolute Gasteiger partial charge is 0.256 e. The van der Waals surface area contributed by atoms with E-state index in [1.54, 1.807) is 11.3 Å². The number of amides is 1. The average Bonchev–Trinajstić information content (AvgIpc) is 3.01. The van der Waals surface area contributed by atoms with Crippen LogP contribution in [0.15, 0.2) is 30.3 Å². The highest BCUT2D eigenvalue weighted by Gasteiger charge is 2.41. The third kappa shape index (κ3) is 4.28. The molecule has 7 heteroatoms. The number of halogens is 2. The van der Waals surface area contributed by atoms with E-state index in [1.807, 2.05) is 19.1 Å². The van der Waals surface area contributed by atoms with Crippen molar-refractivity contribution in [3.8, 4) is 0 Å². The van der Waals surface area contributed by atoms with Crippen molar-refractivity contribution in [2.45, 2.75) is 38.5 Å². The summed E-state index contributed by atoms with van der Waals surface area (Å²) in [5, 5.41) is 13.9. The number of likely N-dealkylation sites (tertiary alicyclic amines) is 1. The maximum absolute atomic E-state index is 13.4. The second-order valence-electron chi connectivity index (χ2n) is 6.73. The van der Waals surface area contributed by atoms with Crippen molar-refractivity contribution >= 4 is 17.2 Å². The molecule has 1 aromatic carbocycles. The Balaban J connectivity index is 1.61. The van der Waals surface area contributed by atoms with Gasteiger partial charge < -0.3 is 15.3 Å². The van der Waals surface area contributed by atoms with E-state index in [4.69, 9.17) is 0 Å². The van der Waals surface area contributed by atoms with Gasteiger partial charge in [-0.25, -0.2) is 8.78 Å². The summed E-state index contributed by atoms with van der Waals surface area (Å²) in [7, 11) is 0. The Hall–Kier alpha value is -1.83. The summed E-state index contributed by atoms with van der Waals surface area (Å²) in [4.78, 5) is 16.6. The number of thiophene rings is 1. The number of carbonyl (C=O) groups is 1. The first kappa shape index (κ1) is 18.9. The molecular weight excluding hydrogens is 358 g/mol. The molecule has 2 heterocycles. The molecular formula is C19H22F2N2O2S. The van der Waals surface area contributed by atoms with Gasteiger partial charge in [-0.05, 0) is 49.6 Å². The Kier molecular flexibility index (Phi) is 5.70. The number of aliphatic hydroxyl groups is 1. The number of hydrogen-bond donors (Lipinski definition) is 2. The van der Waals surface area contributed by atoms with Gasteiger partial charge in [0.05, 0.1) is 0 Å². The van der Waals surface area contributed by atoms with Crippen molar-refractivity contribution in [1.82, 2.24) is 10.2 Å². The number of benzene rings is 1. The number of hydrogen-bond acceptors (Lipinski definition) is 4. The zero-order valence-electron chi connectivity index (χ0n) is 14.6. The molecule has 0 aliphatic carbocycles. The van der Waals surface area contributed by atoms with Crippen LogP contribution in [0.4, 0.5) is 8.78 Å². The van der Waals surface area contributed by atoms with Crippen LogP contribution in [0.2, 0.25) is 0 Å². The van der Waals surface area contributed by atoms with Gasteiger partial charge in [-0.2, -0.15) is 0 Å². The molecule has 0 bridgehead atoms. The van der Waals surface area contributed by atoms with E-state index < -0.39 is 17.2 Å². The Bertz CT molecular complexity index is 796. The highest BCUT2D eigenvalue weighted by Crippen LogP contribution is 2.24. The number of piperidine rings is 1. The molecule has 1 atom stereocenters. The van der Waals surface area contributed by atoms with Crippen molar-refractivity contribution in [2.75, 3.05) is 13.1 Å². The number of nitrogens with one attached hydrogen (secondary N) is 1. The molecule has 0 spiro atoms. The fraction of sp³-hybridized carbons (Fsp3) is 0.421. The minimum absolute atomic E-state index is 0.155. The molecule has 3 rings (SSSR count). The predicted molar refractivity (Wildman–Crippen MR) is 96.7 cm³/mol. The Morgan fingerprint density at radius 2 is 2.08 bits per heavy atom. The molecule has 2 N–H and O–H groups in total. The topological polar surface area (TPSA) is 52.6 Å². The van der Waals surface area contributed by atoms with Crippen molar-refractivity contribution in [3.63, 3.8) is 0 Å². The minimum Gasteiger partial charge on any atom is -0.379 e. The maximum Gasteiger partial charge on any atom is 0.256 e. The summed E-state index contributed by atoms with van der Waals surface area (Å²) < 4.78 is 26.4. The highest BCUT2D eigenvalue weighted by molar-refractivity contribution is 7.11. The van der Waals surface area contributed by atoms with E-state index in [1.165, 1.54) is 15.8 Å². The van der Waals surface area contributed by atoms with Gasteiger partial charge in [-0.1, -0.05) is 6.07 Å². The molecule has 1 aliphatic rings. The van der Waals surface area contributed by atoms with Gasteiger partial charge in [0.1, 0.15) is 0 Å². The quantitative estimate of drug-likeness (QED) is 0.810. The Morgan fingerprint density at radius 1 is 1.27 bits per heavy atom. The maximum atomic E-state index is 13.4. The van der Waals surface area contributed by atoms with Crippen LogP contribution in [0.5, 0.6) is 0 Å². The van der Waals surface area contributed by atoms with Crippen LogP contribution in [0.3, 0.4) is 0 Å². The minimum atomic E-state index is -1.47. The lowest BCUT2D eigenvalue weighted by atomic mass is 9.91. The van der Waals surface area contributed by atoms with Crippen molar-refractivity contribution < 1.29 is 18.7 Å². The highest BCUT2D eigenvalue weighted by atomic mass is 32.1. The predicted octanol–water partition coefficient (Wildman–Crippen LogP) is 2.98. The summed E-state index contributed by atoms with van der Waals surface area (Å²) in [5.41, 5.74) is -0.966. The van der Waals surface area contributed by atoms with Gasteiger partial charge in [0.25, 0.3) is 5.91 Å². The fourth-order valence-electron chi connectivity index (χ4n) is 3.21. The first-order valence-corrected chi connectivity index (χ1v) is 9.41. The second kappa shape index (κ2) is 7.82. The second-order valence-corrected chi connectivity index (χ2v) is 8.10. The van der Waals surface area contributed by atoms with Crippen LogP contribution in [-0.4, -0.2) is 34.6 Å². The lowest BCUT2D eigenvalue weighted by Gasteiger charge is -2.38. The zero-order chi connectivity index (χ0) is 18.7. The molecule has 1 amide bonds. The summed E-state index contributed by atoms with van der Waals surface area (Å²) in [5.74, 6) is -2.22. The molecule has 4 nitrogen and oxygen atoms in total. The molecule has 26 heavy (non-hydrogen) atoms. The summed E-state index contributed by atoms with van der Waals surface area (Å²) in [6.07, 6.45) is 1.04. The van der Waals surface area contributed by atoms with E-state index in [0.29, 0.717) is 31.5 Å². The average molecular weight is 380 g/mol. The molecule has 0 unspecified atom stereocenters. The first-order chi connectivity index (χ1) is 12.4. The molecule has 0 radical (unpaired) electrons. The monoisotopic (exact) mass is 380 g/mol. The van der Waals surface area contributed by atoms with Crippen LogP contribution in [0.1, 0.15) is 28.2 Å². The Morgan fingerprint density at radius 3 is 2.77 bits per heavy atom. The molecule has 1 aliphatic heterocycles. The van der Waals surface area contributed by atoms with Gasteiger partial charge in [0, 0.05) is 35.9 Å². The molecule has 1 saturated heterocycles. The molecule has 2 aromatic rings. The molecule has 1 aromatic heterocycles. The van der Waals surface area contributed by atoms with E-state index in [9.17, 15) is 18.7 Å². The molecule has 140 valence electrons. The van der Waals surface area contributed by atoms with E-state index in [-0.39, 0.29) is 19.0 Å². The summed E-state index contributed by atoms with van der Waals surface area (Å²) in [6, 6.07) is 7.65. The van der Waals surface area contributed by atoms with Crippen LogP contribution in [0.25, 0.3) is 0 Å². The van der Waals surface area contributed by atoms with Gasteiger partial charge in [-0.15, -0.1) is 11.3 Å². The number of rotatable bonds is 6. The fourth-order valence-corrected chi connectivity index (χ4v) is 4.07. The largest absolute Gasteiger partial charge is 0.379 e. The van der Waals surface area contributed by atoms with E-state index >= 15 is 0 Å². The van der Waals surface area contributed by atoms with E-state index in [2.05, 4.69) is 5.32 Å². The first-order valence-electron chi connectivity index (χ1n) is 8.59. The zero-order valence-corrected chi connectivity index (χ0v) is 15.4. The lowest BCUT2D eigenvalue weighted by molar-refractivity contribution is -0.157. The number of nitrogens with zero attached hydrogens (tertiary/aromatic N) is 1. The molecule has 0 saturated carbocycles. The van der Waals surface area contributed by atoms with Crippen molar-refractivity contribution in [3.05, 3.63) is 57.3 Å². The van der Waals surface area contributed by atoms with Crippen LogP contribution in [-0.2, 0) is 17.9 Å². The number of carbonyl (C=O) groups excluding carboxylic acids is 1. The van der Waals surface area contributed by atoms with Crippen LogP contribution in [0, 0.1) is 18.6 Å². The van der Waals surface area contributed by atoms with Gasteiger partial charge in [0.15, 0.2) is 17.2 Å². The van der Waals surface area contributed by atoms with Crippen molar-refractivity contribution in [2.24, 2.45) is 0 Å². The van der Waals surface area contributed by atoms with Gasteiger partial charge in [0.2, 0.25) is 0 Å². The standard InChI is InChI=1S/C19H22F2N2O2S/c1-13-3-5-15(26-13)10-22-12-19(25)7-2-8-23(18(19)24)11-14-4-6-16(20)17(21)9-14/h3-6,9,22,25H,2,7-8,10-12H2,1H3/t19-/m0/s1. The van der Waals surface area contributed by atoms with Gasteiger partial charge >= 0.3 is 0 Å². The van der Waals surface area contributed by atoms with Crippen LogP contribution < -0.4 is 5.32 Å². The lowest BCUT2D eigenvalue weighted by Crippen LogP contribution is -2.57.